The third kappa shape index (κ3) is 3.39. The molecule has 0 fully saturated rings. The van der Waals surface area contributed by atoms with Crippen LogP contribution in [0.5, 0.6) is 0 Å². The van der Waals surface area contributed by atoms with Gasteiger partial charge in [0.05, 0.1) is 22.4 Å². The first-order valence-corrected chi connectivity index (χ1v) is 16.1. The van der Waals surface area contributed by atoms with Gasteiger partial charge >= 0.3 is 0 Å². The summed E-state index contributed by atoms with van der Waals surface area (Å²) >= 11 is 0. The molecule has 1 unspecified atom stereocenters. The van der Waals surface area contributed by atoms with Crippen molar-refractivity contribution in [3.05, 3.63) is 137 Å². The number of hydrogen-bond donors (Lipinski definition) is 0. The lowest BCUT2D eigenvalue weighted by molar-refractivity contribution is 0.506. The van der Waals surface area contributed by atoms with Crippen LogP contribution < -0.4 is 0 Å². The van der Waals surface area contributed by atoms with Gasteiger partial charge in [-0.25, -0.2) is 9.97 Å². The lowest BCUT2D eigenvalue weighted by Crippen LogP contribution is -2.20. The second kappa shape index (κ2) is 9.04. The fourth-order valence-electron chi connectivity index (χ4n) is 8.23. The molecule has 3 heterocycles. The first-order valence-electron chi connectivity index (χ1n) is 16.1. The number of aromatic nitrogens is 3. The third-order valence-corrected chi connectivity index (χ3v) is 10.4. The van der Waals surface area contributed by atoms with Crippen LogP contribution >= 0.6 is 0 Å². The minimum atomic E-state index is -0.250. The summed E-state index contributed by atoms with van der Waals surface area (Å²) in [5.74, 6) is 2.00. The van der Waals surface area contributed by atoms with Crippen molar-refractivity contribution in [1.29, 1.82) is 0 Å². The third-order valence-electron chi connectivity index (χ3n) is 10.4. The van der Waals surface area contributed by atoms with E-state index in [1.54, 1.807) is 0 Å². The monoisotopic (exact) mass is 593 g/mol. The highest BCUT2D eigenvalue weighted by Crippen LogP contribution is 2.52. The molecule has 8 aromatic rings. The Kier molecular flexibility index (Phi) is 5.07. The van der Waals surface area contributed by atoms with Gasteiger partial charge in [0.2, 0.25) is 5.95 Å². The highest BCUT2D eigenvalue weighted by Gasteiger charge is 2.41. The van der Waals surface area contributed by atoms with Gasteiger partial charge in [-0.3, -0.25) is 4.57 Å². The summed E-state index contributed by atoms with van der Waals surface area (Å²) in [6.07, 6.45) is 3.19. The van der Waals surface area contributed by atoms with E-state index in [0.29, 0.717) is 5.95 Å². The second-order valence-electron chi connectivity index (χ2n) is 13.5. The number of hydrogen-bond acceptors (Lipinski definition) is 3. The lowest BCUT2D eigenvalue weighted by atomic mass is 9.78. The molecule has 4 nitrogen and oxygen atoms in total. The van der Waals surface area contributed by atoms with Crippen LogP contribution in [0.1, 0.15) is 61.3 Å². The van der Waals surface area contributed by atoms with Crippen molar-refractivity contribution in [1.82, 2.24) is 14.5 Å². The number of benzene rings is 5. The van der Waals surface area contributed by atoms with Crippen molar-refractivity contribution in [2.45, 2.75) is 38.5 Å². The van der Waals surface area contributed by atoms with Gasteiger partial charge in [0.1, 0.15) is 11.3 Å². The fraction of sp³-hybridized carbons (Fsp3) is 0.143. The van der Waals surface area contributed by atoms with Gasteiger partial charge in [-0.1, -0.05) is 106 Å². The lowest BCUT2D eigenvalue weighted by Gasteiger charge is -2.26. The van der Waals surface area contributed by atoms with Crippen LogP contribution in [-0.4, -0.2) is 14.5 Å². The Hall–Kier alpha value is -5.48. The molecule has 5 aromatic carbocycles. The van der Waals surface area contributed by atoms with Gasteiger partial charge in [0, 0.05) is 44.2 Å². The second-order valence-corrected chi connectivity index (χ2v) is 13.5. The average Bonchev–Trinajstić information content (AvgIpc) is 3.69. The van der Waals surface area contributed by atoms with Crippen LogP contribution in [0.4, 0.5) is 0 Å². The van der Waals surface area contributed by atoms with E-state index in [0.717, 1.165) is 45.6 Å². The summed E-state index contributed by atoms with van der Waals surface area (Å²) in [5.41, 5.74) is 11.1. The molecule has 2 aliphatic rings. The summed E-state index contributed by atoms with van der Waals surface area (Å²) in [6, 6.07) is 39.0. The first-order chi connectivity index (χ1) is 22.5. The van der Waals surface area contributed by atoms with Crippen LogP contribution in [0, 0.1) is 0 Å². The molecule has 0 radical (unpaired) electrons. The highest BCUT2D eigenvalue weighted by atomic mass is 16.3. The smallest absolute Gasteiger partial charge is 0.235 e. The van der Waals surface area contributed by atoms with Gasteiger partial charge in [-0.15, -0.1) is 0 Å². The van der Waals surface area contributed by atoms with Gasteiger partial charge in [-0.05, 0) is 58.7 Å². The molecular formula is C42H31N3O. The van der Waals surface area contributed by atoms with Gasteiger partial charge in [-0.2, -0.15) is 0 Å². The number of furan rings is 1. The summed E-state index contributed by atoms with van der Waals surface area (Å²) < 4.78 is 8.68. The van der Waals surface area contributed by atoms with Crippen molar-refractivity contribution in [3.63, 3.8) is 0 Å². The minimum absolute atomic E-state index is 0.225. The van der Waals surface area contributed by atoms with E-state index in [2.05, 4.69) is 135 Å². The Morgan fingerprint density at radius 1 is 0.717 bits per heavy atom. The number of nitrogens with zero attached hydrogens (tertiary/aromatic N) is 3. The standard InChI is InChI=1S/C42H31N3O/c1-24-20-27(22-32-29-15-8-11-19-36(29)46-40(24)32)38-37-39(30-16-6-9-17-33(30)42(37,2)3)44-41(43-38)45-34-18-10-7-14-28(34)31-21-25-12-4-5-13-26(25)23-35(31)45/h4-19,21-24H,20H2,1-3H3. The minimum Gasteiger partial charge on any atom is -0.460 e. The molecule has 10 rings (SSSR count). The molecule has 0 bridgehead atoms. The number of fused-ring (bicyclic) bond motifs is 10. The number of rotatable bonds is 2. The zero-order valence-electron chi connectivity index (χ0n) is 26.0. The van der Waals surface area contributed by atoms with Crippen molar-refractivity contribution < 1.29 is 4.42 Å². The zero-order valence-corrected chi connectivity index (χ0v) is 26.0. The molecule has 0 aliphatic heterocycles. The van der Waals surface area contributed by atoms with Crippen molar-refractivity contribution in [2.24, 2.45) is 0 Å². The van der Waals surface area contributed by atoms with Crippen LogP contribution in [0.15, 0.2) is 114 Å². The summed E-state index contributed by atoms with van der Waals surface area (Å²) in [7, 11) is 0. The maximum absolute atomic E-state index is 6.40. The average molecular weight is 594 g/mol. The Balaban J connectivity index is 1.32. The molecule has 2 aliphatic carbocycles. The molecule has 0 spiro atoms. The van der Waals surface area contributed by atoms with E-state index in [4.69, 9.17) is 14.4 Å². The van der Waals surface area contributed by atoms with Crippen LogP contribution in [0.3, 0.4) is 0 Å². The number of allylic oxidation sites excluding steroid dienone is 1. The van der Waals surface area contributed by atoms with E-state index in [-0.39, 0.29) is 11.3 Å². The fourth-order valence-corrected chi connectivity index (χ4v) is 8.23. The molecule has 1 atom stereocenters. The maximum atomic E-state index is 6.40. The maximum Gasteiger partial charge on any atom is 0.235 e. The Bertz CT molecular complexity index is 2610. The van der Waals surface area contributed by atoms with Gasteiger partial charge < -0.3 is 4.42 Å². The predicted molar refractivity (Wildman–Crippen MR) is 189 cm³/mol. The molecule has 46 heavy (non-hydrogen) atoms. The molecule has 0 saturated carbocycles. The molecule has 3 aromatic heterocycles. The summed E-state index contributed by atoms with van der Waals surface area (Å²) in [5, 5.41) is 6.00. The van der Waals surface area contributed by atoms with E-state index in [1.165, 1.54) is 49.4 Å². The van der Waals surface area contributed by atoms with Gasteiger partial charge in [0.15, 0.2) is 0 Å². The molecule has 220 valence electrons. The van der Waals surface area contributed by atoms with Crippen molar-refractivity contribution in [2.75, 3.05) is 0 Å². The topological polar surface area (TPSA) is 43.9 Å². The Morgan fingerprint density at radius 3 is 2.28 bits per heavy atom. The van der Waals surface area contributed by atoms with Crippen LogP contribution in [0.25, 0.3) is 72.4 Å². The normalized spacial score (nSPS) is 16.6. The zero-order chi connectivity index (χ0) is 30.7. The van der Waals surface area contributed by atoms with Crippen LogP contribution in [-0.2, 0) is 5.41 Å². The van der Waals surface area contributed by atoms with E-state index >= 15 is 0 Å². The molecule has 0 saturated heterocycles. The van der Waals surface area contributed by atoms with Crippen molar-refractivity contribution >= 4 is 55.2 Å². The largest absolute Gasteiger partial charge is 0.460 e. The van der Waals surface area contributed by atoms with Gasteiger partial charge in [0.25, 0.3) is 0 Å². The SMILES string of the molecule is CC1CC(c2nc(-n3c4ccccc4c4cc5ccccc5cc43)nc3c2C(C)(C)c2ccccc2-3)=Cc2c1oc1ccccc21. The molecule has 0 amide bonds. The Morgan fingerprint density at radius 2 is 1.41 bits per heavy atom. The molecular weight excluding hydrogens is 562 g/mol. The van der Waals surface area contributed by atoms with Crippen LogP contribution in [0.2, 0.25) is 0 Å². The van der Waals surface area contributed by atoms with Crippen molar-refractivity contribution in [3.8, 4) is 17.2 Å². The summed E-state index contributed by atoms with van der Waals surface area (Å²) in [6.45, 7) is 6.92. The highest BCUT2D eigenvalue weighted by molar-refractivity contribution is 6.13. The van der Waals surface area contributed by atoms with E-state index in [1.807, 2.05) is 6.07 Å². The number of para-hydroxylation sites is 2. The van der Waals surface area contributed by atoms with E-state index in [9.17, 15) is 0 Å². The predicted octanol–water partition coefficient (Wildman–Crippen LogP) is 10.8. The van der Waals surface area contributed by atoms with E-state index < -0.39 is 0 Å². The quantitative estimate of drug-likeness (QED) is 0.200. The summed E-state index contributed by atoms with van der Waals surface area (Å²) in [4.78, 5) is 11.1. The molecule has 0 N–H and O–H groups in total. The first kappa shape index (κ1) is 25.8. The molecule has 4 heteroatoms. The Labute approximate surface area is 266 Å².